The van der Waals surface area contributed by atoms with Gasteiger partial charge in [0.2, 0.25) is 0 Å². The van der Waals surface area contributed by atoms with Gasteiger partial charge >= 0.3 is 0 Å². The Morgan fingerprint density at radius 2 is 1.91 bits per heavy atom. The van der Waals surface area contributed by atoms with Crippen LogP contribution in [0.2, 0.25) is 18.1 Å². The van der Waals surface area contributed by atoms with Crippen molar-refractivity contribution in [2.45, 2.75) is 64.2 Å². The fourth-order valence-electron chi connectivity index (χ4n) is 2.75. The molecule has 1 aromatic rings. The molecule has 0 bridgehead atoms. The third-order valence-corrected chi connectivity index (χ3v) is 9.85. The van der Waals surface area contributed by atoms with Gasteiger partial charge in [-0.15, -0.1) is 0 Å². The average Bonchev–Trinajstić information content (AvgIpc) is 2.91. The van der Waals surface area contributed by atoms with E-state index in [-0.39, 0.29) is 0 Å². The molecule has 0 saturated carbocycles. The Balaban J connectivity index is 1.83. The van der Waals surface area contributed by atoms with Crippen molar-refractivity contribution in [1.82, 2.24) is 5.32 Å². The Bertz CT molecular complexity index is 516. The number of hydrogen-bond donors (Lipinski definition) is 1. The van der Waals surface area contributed by atoms with Crippen molar-refractivity contribution in [1.29, 1.82) is 0 Å². The maximum atomic E-state index is 6.30. The quantitative estimate of drug-likeness (QED) is 0.569. The topological polar surface area (TPSA) is 21.3 Å². The molecule has 1 aliphatic heterocycles. The molecule has 128 valence electrons. The van der Waals surface area contributed by atoms with Crippen LogP contribution < -0.4 is 5.32 Å². The second-order valence-corrected chi connectivity index (χ2v) is 12.9. The van der Waals surface area contributed by atoms with E-state index in [4.69, 9.17) is 4.43 Å². The molecule has 0 amide bonds. The fourth-order valence-corrected chi connectivity index (χ4v) is 3.84. The molecule has 0 spiro atoms. The Morgan fingerprint density at radius 1 is 1.22 bits per heavy atom. The van der Waals surface area contributed by atoms with Crippen LogP contribution in [-0.2, 0) is 4.43 Å². The summed E-state index contributed by atoms with van der Waals surface area (Å²) < 4.78 is 6.30. The molecule has 1 heterocycles. The van der Waals surface area contributed by atoms with Gasteiger partial charge in [0.25, 0.3) is 0 Å². The Labute approximate surface area is 143 Å². The molecule has 1 fully saturated rings. The molecule has 1 N–H and O–H groups in total. The first kappa shape index (κ1) is 18.4. The zero-order valence-electron chi connectivity index (χ0n) is 15.5. The smallest absolute Gasteiger partial charge is 0.191 e. The molecule has 1 aliphatic rings. The SMILES string of the molecule is CC(C)(C)[Si](C)(C)OCCCC1NCC/C1=C/c1ccccc1. The number of rotatable bonds is 6. The van der Waals surface area contributed by atoms with Crippen LogP contribution in [0.15, 0.2) is 35.9 Å². The second-order valence-electron chi connectivity index (χ2n) is 8.14. The predicted molar refractivity (Wildman–Crippen MR) is 103 cm³/mol. The van der Waals surface area contributed by atoms with Gasteiger partial charge in [-0.2, -0.15) is 0 Å². The maximum Gasteiger partial charge on any atom is 0.191 e. The molecular weight excluding hydrogens is 298 g/mol. The standard InChI is InChI=1S/C20H33NOSi/c1-20(2,3)23(4,5)22-15-9-12-19-18(13-14-21-19)16-17-10-7-6-8-11-17/h6-8,10-11,16,19,21H,9,12-15H2,1-5H3/b18-16-. The molecule has 2 rings (SSSR count). The van der Waals surface area contributed by atoms with Gasteiger partial charge in [-0.25, -0.2) is 0 Å². The predicted octanol–water partition coefficient (Wildman–Crippen LogP) is 5.23. The van der Waals surface area contributed by atoms with E-state index in [0.29, 0.717) is 11.1 Å². The van der Waals surface area contributed by atoms with E-state index in [1.807, 2.05) is 0 Å². The summed E-state index contributed by atoms with van der Waals surface area (Å²) in [5.41, 5.74) is 2.86. The van der Waals surface area contributed by atoms with Crippen molar-refractivity contribution in [3.63, 3.8) is 0 Å². The number of hydrogen-bond acceptors (Lipinski definition) is 2. The molecule has 1 atom stereocenters. The summed E-state index contributed by atoms with van der Waals surface area (Å²) in [5, 5.41) is 3.94. The van der Waals surface area contributed by atoms with Gasteiger partial charge in [0.05, 0.1) is 0 Å². The van der Waals surface area contributed by atoms with E-state index < -0.39 is 8.32 Å². The summed E-state index contributed by atoms with van der Waals surface area (Å²) in [6.45, 7) is 13.6. The van der Waals surface area contributed by atoms with E-state index in [9.17, 15) is 0 Å². The van der Waals surface area contributed by atoms with Gasteiger partial charge in [-0.1, -0.05) is 62.8 Å². The highest BCUT2D eigenvalue weighted by Crippen LogP contribution is 2.36. The highest BCUT2D eigenvalue weighted by Gasteiger charge is 2.36. The van der Waals surface area contributed by atoms with Crippen LogP contribution in [0, 0.1) is 0 Å². The molecular formula is C20H33NOSi. The zero-order valence-corrected chi connectivity index (χ0v) is 16.5. The van der Waals surface area contributed by atoms with Gasteiger partial charge in [-0.05, 0) is 49.5 Å². The first-order chi connectivity index (χ1) is 10.8. The largest absolute Gasteiger partial charge is 0.417 e. The summed E-state index contributed by atoms with van der Waals surface area (Å²) >= 11 is 0. The third-order valence-electron chi connectivity index (χ3n) is 5.31. The molecule has 2 nitrogen and oxygen atoms in total. The van der Waals surface area contributed by atoms with Gasteiger partial charge < -0.3 is 9.74 Å². The summed E-state index contributed by atoms with van der Waals surface area (Å²) in [5.74, 6) is 0. The Hall–Kier alpha value is -0.903. The Morgan fingerprint density at radius 3 is 2.57 bits per heavy atom. The Kier molecular flexibility index (Phi) is 6.23. The molecule has 0 aromatic heterocycles. The lowest BCUT2D eigenvalue weighted by Crippen LogP contribution is -2.41. The number of nitrogens with one attached hydrogen (secondary N) is 1. The van der Waals surface area contributed by atoms with Gasteiger partial charge in [0, 0.05) is 12.6 Å². The third kappa shape index (κ3) is 5.30. The van der Waals surface area contributed by atoms with E-state index in [1.165, 1.54) is 18.4 Å². The van der Waals surface area contributed by atoms with E-state index in [1.54, 1.807) is 5.57 Å². The monoisotopic (exact) mass is 331 g/mol. The average molecular weight is 332 g/mol. The lowest BCUT2D eigenvalue weighted by Gasteiger charge is -2.36. The van der Waals surface area contributed by atoms with Crippen molar-refractivity contribution >= 4 is 14.4 Å². The second kappa shape index (κ2) is 7.78. The number of benzene rings is 1. The first-order valence-corrected chi connectivity index (χ1v) is 11.8. The lowest BCUT2D eigenvalue weighted by atomic mass is 10.0. The summed E-state index contributed by atoms with van der Waals surface area (Å²) in [6.07, 6.45) is 5.84. The van der Waals surface area contributed by atoms with Gasteiger partial charge in [0.15, 0.2) is 8.32 Å². The maximum absolute atomic E-state index is 6.30. The van der Waals surface area contributed by atoms with Crippen LogP contribution in [0.3, 0.4) is 0 Å². The van der Waals surface area contributed by atoms with Crippen LogP contribution in [-0.4, -0.2) is 27.5 Å². The minimum absolute atomic E-state index is 0.303. The van der Waals surface area contributed by atoms with Crippen LogP contribution in [0.5, 0.6) is 0 Å². The molecule has 0 radical (unpaired) electrons. The summed E-state index contributed by atoms with van der Waals surface area (Å²) in [6, 6.07) is 11.2. The minimum Gasteiger partial charge on any atom is -0.417 e. The van der Waals surface area contributed by atoms with E-state index >= 15 is 0 Å². The van der Waals surface area contributed by atoms with Gasteiger partial charge in [0.1, 0.15) is 0 Å². The molecule has 1 aromatic carbocycles. The van der Waals surface area contributed by atoms with Crippen LogP contribution in [0.25, 0.3) is 6.08 Å². The summed E-state index contributed by atoms with van der Waals surface area (Å²) in [4.78, 5) is 0. The molecule has 23 heavy (non-hydrogen) atoms. The van der Waals surface area contributed by atoms with Crippen molar-refractivity contribution in [3.8, 4) is 0 Å². The van der Waals surface area contributed by atoms with Gasteiger partial charge in [-0.3, -0.25) is 0 Å². The fraction of sp³-hybridized carbons (Fsp3) is 0.600. The minimum atomic E-state index is -1.59. The van der Waals surface area contributed by atoms with E-state index in [0.717, 1.165) is 19.6 Å². The molecule has 0 aliphatic carbocycles. The summed E-state index contributed by atoms with van der Waals surface area (Å²) in [7, 11) is -1.59. The van der Waals surface area contributed by atoms with Crippen molar-refractivity contribution in [3.05, 3.63) is 41.5 Å². The van der Waals surface area contributed by atoms with Crippen LogP contribution >= 0.6 is 0 Å². The highest BCUT2D eigenvalue weighted by atomic mass is 28.4. The van der Waals surface area contributed by atoms with Crippen molar-refractivity contribution < 1.29 is 4.43 Å². The molecule has 3 heteroatoms. The molecule has 1 saturated heterocycles. The van der Waals surface area contributed by atoms with Crippen LogP contribution in [0.4, 0.5) is 0 Å². The van der Waals surface area contributed by atoms with Crippen LogP contribution in [0.1, 0.15) is 45.6 Å². The highest BCUT2D eigenvalue weighted by molar-refractivity contribution is 6.74. The zero-order chi connectivity index (χ0) is 16.9. The van der Waals surface area contributed by atoms with E-state index in [2.05, 4.69) is 75.6 Å². The van der Waals surface area contributed by atoms with Crippen molar-refractivity contribution in [2.24, 2.45) is 0 Å². The first-order valence-electron chi connectivity index (χ1n) is 8.92. The van der Waals surface area contributed by atoms with Crippen molar-refractivity contribution in [2.75, 3.05) is 13.2 Å². The normalized spacial score (nSPS) is 21.1. The molecule has 1 unspecified atom stereocenters. The lowest BCUT2D eigenvalue weighted by molar-refractivity contribution is 0.275.